The first-order valence-electron chi connectivity index (χ1n) is 9.31. The van der Waals surface area contributed by atoms with Crippen molar-refractivity contribution in [2.45, 2.75) is 44.4 Å². The Morgan fingerprint density at radius 2 is 1.81 bits per heavy atom. The van der Waals surface area contributed by atoms with E-state index in [1.165, 1.54) is 4.31 Å². The average molecular weight is 421 g/mol. The topological polar surface area (TPSA) is 95.8 Å². The van der Waals surface area contributed by atoms with Gasteiger partial charge in [0, 0.05) is 32.6 Å². The Balaban J connectivity index is 0.00000261. The van der Waals surface area contributed by atoms with Crippen molar-refractivity contribution in [2.24, 2.45) is 5.92 Å². The first kappa shape index (κ1) is 22.1. The van der Waals surface area contributed by atoms with E-state index >= 15 is 0 Å². The van der Waals surface area contributed by atoms with Crippen molar-refractivity contribution in [2.75, 3.05) is 39.3 Å². The molecule has 0 spiro atoms. The van der Waals surface area contributed by atoms with E-state index in [0.29, 0.717) is 50.0 Å². The number of sulfonamides is 1. The number of hydrogen-bond donors (Lipinski definition) is 1. The van der Waals surface area contributed by atoms with Crippen molar-refractivity contribution in [3.05, 3.63) is 11.5 Å². The van der Waals surface area contributed by atoms with Gasteiger partial charge in [-0.2, -0.15) is 4.31 Å². The van der Waals surface area contributed by atoms with Crippen LogP contribution in [0.5, 0.6) is 0 Å². The molecule has 0 aliphatic carbocycles. The Morgan fingerprint density at radius 1 is 1.19 bits per heavy atom. The van der Waals surface area contributed by atoms with Gasteiger partial charge in [-0.1, -0.05) is 5.16 Å². The number of aryl methyl sites for hydroxylation is 2. The summed E-state index contributed by atoms with van der Waals surface area (Å²) in [6.07, 6.45) is 3.76. The van der Waals surface area contributed by atoms with Gasteiger partial charge in [0.15, 0.2) is 5.76 Å². The molecule has 0 aromatic carbocycles. The number of amides is 1. The Labute approximate surface area is 167 Å². The van der Waals surface area contributed by atoms with Crippen LogP contribution in [0.4, 0.5) is 0 Å². The van der Waals surface area contributed by atoms with Crippen LogP contribution in [0, 0.1) is 19.8 Å². The molecule has 0 bridgehead atoms. The molecule has 2 fully saturated rings. The number of piperazine rings is 1. The van der Waals surface area contributed by atoms with Gasteiger partial charge in [-0.05, 0) is 52.1 Å². The predicted molar refractivity (Wildman–Crippen MR) is 103 cm³/mol. The van der Waals surface area contributed by atoms with Crippen LogP contribution in [0.2, 0.25) is 0 Å². The molecule has 0 saturated carbocycles. The van der Waals surface area contributed by atoms with Gasteiger partial charge in [0.1, 0.15) is 10.6 Å². The van der Waals surface area contributed by atoms with E-state index in [1.807, 2.05) is 0 Å². The van der Waals surface area contributed by atoms with E-state index in [1.54, 1.807) is 18.7 Å². The summed E-state index contributed by atoms with van der Waals surface area (Å²) >= 11 is 0. The number of hydrogen-bond acceptors (Lipinski definition) is 6. The molecular formula is C17H29ClN4O4S. The lowest BCUT2D eigenvalue weighted by atomic mass is 9.93. The highest BCUT2D eigenvalue weighted by Gasteiger charge is 2.34. The van der Waals surface area contributed by atoms with Crippen LogP contribution in [0.25, 0.3) is 0 Å². The second-order valence-corrected chi connectivity index (χ2v) is 9.04. The largest absolute Gasteiger partial charge is 0.360 e. The summed E-state index contributed by atoms with van der Waals surface area (Å²) < 4.78 is 32.1. The molecule has 2 saturated heterocycles. The molecule has 2 aliphatic rings. The van der Waals surface area contributed by atoms with Crippen molar-refractivity contribution in [1.29, 1.82) is 0 Å². The number of carbonyl (C=O) groups excluding carboxylic acids is 1. The van der Waals surface area contributed by atoms with Gasteiger partial charge < -0.3 is 14.7 Å². The van der Waals surface area contributed by atoms with Crippen molar-refractivity contribution < 1.29 is 17.7 Å². The fourth-order valence-corrected chi connectivity index (χ4v) is 5.52. The van der Waals surface area contributed by atoms with Gasteiger partial charge in [-0.25, -0.2) is 8.42 Å². The quantitative estimate of drug-likeness (QED) is 0.771. The molecule has 2 aliphatic heterocycles. The Hall–Kier alpha value is -1.16. The van der Waals surface area contributed by atoms with E-state index in [2.05, 4.69) is 10.5 Å². The average Bonchev–Trinajstić information content (AvgIpc) is 2.99. The summed E-state index contributed by atoms with van der Waals surface area (Å²) in [7, 11) is -3.63. The molecule has 1 aromatic rings. The van der Waals surface area contributed by atoms with Gasteiger partial charge in [0.05, 0.1) is 0 Å². The summed E-state index contributed by atoms with van der Waals surface area (Å²) in [6, 6.07) is 0. The third kappa shape index (κ3) is 5.01. The second kappa shape index (κ2) is 9.36. The lowest BCUT2D eigenvalue weighted by molar-refractivity contribution is -0.132. The monoisotopic (exact) mass is 420 g/mol. The van der Waals surface area contributed by atoms with Crippen LogP contribution in [-0.2, 0) is 14.8 Å². The zero-order valence-electron chi connectivity index (χ0n) is 15.9. The maximum absolute atomic E-state index is 12.8. The molecule has 3 rings (SSSR count). The standard InChI is InChI=1S/C17H28N4O4S.ClH/c1-13-17(14(2)25-19-13)26(23,24)21-11-9-20(10-12-21)16(22)4-3-15-5-7-18-8-6-15;/h15,18H,3-12H2,1-2H3;1H. The fourth-order valence-electron chi connectivity index (χ4n) is 3.81. The SMILES string of the molecule is Cc1noc(C)c1S(=O)(=O)N1CCN(C(=O)CCC2CCNCC2)CC1.Cl. The molecular weight excluding hydrogens is 392 g/mol. The second-order valence-electron chi connectivity index (χ2n) is 7.17. The first-order chi connectivity index (χ1) is 12.4. The maximum atomic E-state index is 12.8. The van der Waals surface area contributed by atoms with E-state index in [9.17, 15) is 13.2 Å². The molecule has 0 unspecified atom stereocenters. The van der Waals surface area contributed by atoms with E-state index in [0.717, 1.165) is 32.4 Å². The molecule has 0 atom stereocenters. The van der Waals surface area contributed by atoms with Gasteiger partial charge in [0.25, 0.3) is 0 Å². The number of aromatic nitrogens is 1. The highest BCUT2D eigenvalue weighted by Crippen LogP contribution is 2.24. The van der Waals surface area contributed by atoms with E-state index in [-0.39, 0.29) is 23.2 Å². The lowest BCUT2D eigenvalue weighted by Crippen LogP contribution is -2.50. The number of halogens is 1. The van der Waals surface area contributed by atoms with Crippen molar-refractivity contribution in [3.63, 3.8) is 0 Å². The molecule has 10 heteroatoms. The van der Waals surface area contributed by atoms with Crippen LogP contribution >= 0.6 is 12.4 Å². The van der Waals surface area contributed by atoms with Crippen LogP contribution in [0.15, 0.2) is 9.42 Å². The normalized spacial score (nSPS) is 19.7. The molecule has 27 heavy (non-hydrogen) atoms. The Morgan fingerprint density at radius 3 is 2.37 bits per heavy atom. The molecule has 154 valence electrons. The number of piperidine rings is 1. The number of carbonyl (C=O) groups is 1. The van der Waals surface area contributed by atoms with Crippen molar-refractivity contribution in [3.8, 4) is 0 Å². The summed E-state index contributed by atoms with van der Waals surface area (Å²) in [4.78, 5) is 14.4. The highest BCUT2D eigenvalue weighted by atomic mass is 35.5. The molecule has 3 heterocycles. The maximum Gasteiger partial charge on any atom is 0.248 e. The smallest absolute Gasteiger partial charge is 0.248 e. The van der Waals surface area contributed by atoms with Gasteiger partial charge >= 0.3 is 0 Å². The van der Waals surface area contributed by atoms with Crippen LogP contribution in [-0.4, -0.2) is 68.0 Å². The highest BCUT2D eigenvalue weighted by molar-refractivity contribution is 7.89. The summed E-state index contributed by atoms with van der Waals surface area (Å²) in [6.45, 7) is 6.81. The van der Waals surface area contributed by atoms with Gasteiger partial charge in [-0.15, -0.1) is 12.4 Å². The lowest BCUT2D eigenvalue weighted by Gasteiger charge is -2.34. The number of nitrogens with zero attached hydrogens (tertiary/aromatic N) is 3. The van der Waals surface area contributed by atoms with E-state index in [4.69, 9.17) is 4.52 Å². The Kier molecular flexibility index (Phi) is 7.67. The molecule has 8 nitrogen and oxygen atoms in total. The summed E-state index contributed by atoms with van der Waals surface area (Å²) in [5.74, 6) is 1.07. The van der Waals surface area contributed by atoms with Crippen LogP contribution in [0.3, 0.4) is 0 Å². The van der Waals surface area contributed by atoms with Crippen LogP contribution < -0.4 is 5.32 Å². The summed E-state index contributed by atoms with van der Waals surface area (Å²) in [5.41, 5.74) is 0.378. The zero-order chi connectivity index (χ0) is 18.7. The zero-order valence-corrected chi connectivity index (χ0v) is 17.6. The minimum Gasteiger partial charge on any atom is -0.360 e. The van der Waals surface area contributed by atoms with Crippen molar-refractivity contribution in [1.82, 2.24) is 19.7 Å². The third-order valence-electron chi connectivity index (χ3n) is 5.38. The molecule has 1 aromatic heterocycles. The number of rotatable bonds is 5. The number of nitrogens with one attached hydrogen (secondary N) is 1. The van der Waals surface area contributed by atoms with Crippen LogP contribution in [0.1, 0.15) is 37.1 Å². The Bertz CT molecular complexity index is 719. The van der Waals surface area contributed by atoms with E-state index < -0.39 is 10.0 Å². The predicted octanol–water partition coefficient (Wildman–Crippen LogP) is 1.33. The first-order valence-corrected chi connectivity index (χ1v) is 10.7. The van der Waals surface area contributed by atoms with Crippen molar-refractivity contribution >= 4 is 28.3 Å². The summed E-state index contributed by atoms with van der Waals surface area (Å²) in [5, 5.41) is 7.07. The fraction of sp³-hybridized carbons (Fsp3) is 0.765. The minimum atomic E-state index is -3.63. The third-order valence-corrected chi connectivity index (χ3v) is 7.53. The molecule has 1 N–H and O–H groups in total. The minimum absolute atomic E-state index is 0. The van der Waals surface area contributed by atoms with Gasteiger partial charge in [0.2, 0.25) is 15.9 Å². The van der Waals surface area contributed by atoms with Gasteiger partial charge in [-0.3, -0.25) is 4.79 Å². The molecule has 1 amide bonds. The molecule has 0 radical (unpaired) electrons.